The Hall–Kier alpha value is -1.07. The van der Waals surface area contributed by atoms with Crippen molar-refractivity contribution < 1.29 is 4.84 Å². The standard InChI is InChI=1S/C9H15N3OS/c1-3-4-5-6-10-9-11-7-8(14-9)12-13-2/h3,7,12H,1,4-6H2,2H3,(H,10,11). The Labute approximate surface area is 88.0 Å². The lowest BCUT2D eigenvalue weighted by Crippen LogP contribution is -1.99. The number of hydrogen-bond donors (Lipinski definition) is 2. The predicted molar refractivity (Wildman–Crippen MR) is 60.7 cm³/mol. The maximum absolute atomic E-state index is 4.76. The Morgan fingerprint density at radius 2 is 2.57 bits per heavy atom. The van der Waals surface area contributed by atoms with E-state index in [0.29, 0.717) is 0 Å². The van der Waals surface area contributed by atoms with Gasteiger partial charge in [-0.1, -0.05) is 17.4 Å². The summed E-state index contributed by atoms with van der Waals surface area (Å²) in [7, 11) is 1.58. The second-order valence-electron chi connectivity index (χ2n) is 2.69. The Bertz CT molecular complexity index is 275. The van der Waals surface area contributed by atoms with Crippen LogP contribution < -0.4 is 10.8 Å². The molecular formula is C9H15N3OS. The van der Waals surface area contributed by atoms with Crippen LogP contribution in [0, 0.1) is 0 Å². The molecule has 1 heterocycles. The minimum atomic E-state index is 0.902. The van der Waals surface area contributed by atoms with E-state index >= 15 is 0 Å². The number of hydrogen-bond acceptors (Lipinski definition) is 5. The van der Waals surface area contributed by atoms with E-state index in [1.807, 2.05) is 6.08 Å². The molecule has 1 aromatic rings. The molecule has 0 fully saturated rings. The zero-order valence-corrected chi connectivity index (χ0v) is 9.06. The van der Waals surface area contributed by atoms with Gasteiger partial charge in [0, 0.05) is 6.54 Å². The van der Waals surface area contributed by atoms with Crippen LogP contribution in [0.5, 0.6) is 0 Å². The normalized spacial score (nSPS) is 9.79. The quantitative estimate of drug-likeness (QED) is 0.415. The Morgan fingerprint density at radius 1 is 1.71 bits per heavy atom. The molecule has 0 radical (unpaired) electrons. The van der Waals surface area contributed by atoms with Gasteiger partial charge >= 0.3 is 0 Å². The third-order valence-corrected chi connectivity index (χ3v) is 2.42. The van der Waals surface area contributed by atoms with Crippen LogP contribution in [0.15, 0.2) is 18.9 Å². The van der Waals surface area contributed by atoms with Gasteiger partial charge in [0.05, 0.1) is 13.3 Å². The first-order chi connectivity index (χ1) is 6.86. The van der Waals surface area contributed by atoms with Crippen LogP contribution in [0.4, 0.5) is 10.1 Å². The molecular weight excluding hydrogens is 198 g/mol. The Balaban J connectivity index is 2.25. The lowest BCUT2D eigenvalue weighted by Gasteiger charge is -1.99. The van der Waals surface area contributed by atoms with Crippen molar-refractivity contribution in [1.82, 2.24) is 4.98 Å². The number of unbranched alkanes of at least 4 members (excludes halogenated alkanes) is 1. The van der Waals surface area contributed by atoms with Gasteiger partial charge in [-0.15, -0.1) is 6.58 Å². The molecule has 0 bridgehead atoms. The highest BCUT2D eigenvalue weighted by Crippen LogP contribution is 2.22. The minimum Gasteiger partial charge on any atom is -0.361 e. The topological polar surface area (TPSA) is 46.2 Å². The molecule has 0 atom stereocenters. The lowest BCUT2D eigenvalue weighted by atomic mass is 10.3. The third-order valence-electron chi connectivity index (χ3n) is 1.57. The molecule has 0 saturated heterocycles. The van der Waals surface area contributed by atoms with E-state index < -0.39 is 0 Å². The van der Waals surface area contributed by atoms with Crippen LogP contribution in [0.2, 0.25) is 0 Å². The SMILES string of the molecule is C=CCCCNc1ncc(NOC)s1. The number of rotatable bonds is 7. The number of anilines is 2. The molecule has 0 unspecified atom stereocenters. The summed E-state index contributed by atoms with van der Waals surface area (Å²) in [6.45, 7) is 4.59. The van der Waals surface area contributed by atoms with Crippen LogP contribution in [0.25, 0.3) is 0 Å². The molecule has 0 spiro atoms. The highest BCUT2D eigenvalue weighted by molar-refractivity contribution is 7.19. The summed E-state index contributed by atoms with van der Waals surface area (Å²) in [5.74, 6) is 0. The molecule has 0 aliphatic rings. The molecule has 14 heavy (non-hydrogen) atoms. The first-order valence-corrected chi connectivity index (χ1v) is 5.28. The van der Waals surface area contributed by atoms with Crippen LogP contribution >= 0.6 is 11.3 Å². The van der Waals surface area contributed by atoms with Crippen LogP contribution in [-0.4, -0.2) is 18.6 Å². The van der Waals surface area contributed by atoms with Crippen LogP contribution in [0.3, 0.4) is 0 Å². The molecule has 0 aromatic carbocycles. The van der Waals surface area contributed by atoms with Gasteiger partial charge in [0.15, 0.2) is 5.13 Å². The Morgan fingerprint density at radius 3 is 3.29 bits per heavy atom. The average Bonchev–Trinajstić information content (AvgIpc) is 2.61. The fourth-order valence-corrected chi connectivity index (χ4v) is 1.66. The zero-order valence-electron chi connectivity index (χ0n) is 8.25. The number of nitrogens with one attached hydrogen (secondary N) is 2. The predicted octanol–water partition coefficient (Wildman–Crippen LogP) is 2.49. The highest BCUT2D eigenvalue weighted by Gasteiger charge is 1.99. The lowest BCUT2D eigenvalue weighted by molar-refractivity contribution is 0.272. The van der Waals surface area contributed by atoms with E-state index in [2.05, 4.69) is 22.4 Å². The molecule has 0 amide bonds. The summed E-state index contributed by atoms with van der Waals surface area (Å²) >= 11 is 1.53. The number of thiazole rings is 1. The van der Waals surface area contributed by atoms with Crippen molar-refractivity contribution in [1.29, 1.82) is 0 Å². The maximum Gasteiger partial charge on any atom is 0.184 e. The van der Waals surface area contributed by atoms with Gasteiger partial charge in [0.25, 0.3) is 0 Å². The van der Waals surface area contributed by atoms with Crippen molar-refractivity contribution >= 4 is 21.5 Å². The number of aromatic nitrogens is 1. The van der Waals surface area contributed by atoms with Gasteiger partial charge < -0.3 is 5.32 Å². The first kappa shape index (κ1) is 11.0. The van der Waals surface area contributed by atoms with Crippen LogP contribution in [-0.2, 0) is 4.84 Å². The van der Waals surface area contributed by atoms with Crippen LogP contribution in [0.1, 0.15) is 12.8 Å². The second kappa shape index (κ2) is 6.39. The van der Waals surface area contributed by atoms with Crippen molar-refractivity contribution in [2.24, 2.45) is 0 Å². The van der Waals surface area contributed by atoms with Gasteiger partial charge in [0.2, 0.25) is 0 Å². The van der Waals surface area contributed by atoms with E-state index in [4.69, 9.17) is 4.84 Å². The molecule has 0 saturated carbocycles. The summed E-state index contributed by atoms with van der Waals surface area (Å²) in [6.07, 6.45) is 5.77. The third kappa shape index (κ3) is 3.76. The molecule has 4 nitrogen and oxygen atoms in total. The average molecular weight is 213 g/mol. The van der Waals surface area contributed by atoms with E-state index in [0.717, 1.165) is 29.5 Å². The number of allylic oxidation sites excluding steroid dienone is 1. The minimum absolute atomic E-state index is 0.902. The fourth-order valence-electron chi connectivity index (χ4n) is 0.945. The molecule has 1 aromatic heterocycles. The van der Waals surface area contributed by atoms with Crippen molar-refractivity contribution in [2.45, 2.75) is 12.8 Å². The van der Waals surface area contributed by atoms with Crippen molar-refractivity contribution in [3.63, 3.8) is 0 Å². The molecule has 0 aliphatic heterocycles. The molecule has 2 N–H and O–H groups in total. The van der Waals surface area contributed by atoms with E-state index in [1.165, 1.54) is 11.3 Å². The summed E-state index contributed by atoms with van der Waals surface area (Å²) in [5.41, 5.74) is 2.73. The monoisotopic (exact) mass is 213 g/mol. The zero-order chi connectivity index (χ0) is 10.2. The molecule has 1 rings (SSSR count). The summed E-state index contributed by atoms with van der Waals surface area (Å²) in [5, 5.41) is 5.03. The van der Waals surface area contributed by atoms with Gasteiger partial charge in [0.1, 0.15) is 5.00 Å². The molecule has 78 valence electrons. The Kier molecular flexibility index (Phi) is 5.03. The van der Waals surface area contributed by atoms with Gasteiger partial charge in [-0.3, -0.25) is 10.3 Å². The van der Waals surface area contributed by atoms with E-state index in [-0.39, 0.29) is 0 Å². The van der Waals surface area contributed by atoms with Crippen molar-refractivity contribution in [2.75, 3.05) is 24.5 Å². The van der Waals surface area contributed by atoms with Gasteiger partial charge in [-0.2, -0.15) is 0 Å². The van der Waals surface area contributed by atoms with E-state index in [1.54, 1.807) is 13.3 Å². The van der Waals surface area contributed by atoms with Crippen molar-refractivity contribution in [3.05, 3.63) is 18.9 Å². The fraction of sp³-hybridized carbons (Fsp3) is 0.444. The van der Waals surface area contributed by atoms with Gasteiger partial charge in [-0.25, -0.2) is 4.98 Å². The number of nitrogens with zero attached hydrogens (tertiary/aromatic N) is 1. The highest BCUT2D eigenvalue weighted by atomic mass is 32.1. The summed E-state index contributed by atoms with van der Waals surface area (Å²) in [4.78, 5) is 8.94. The smallest absolute Gasteiger partial charge is 0.184 e. The summed E-state index contributed by atoms with van der Waals surface area (Å²) in [6, 6.07) is 0. The largest absolute Gasteiger partial charge is 0.361 e. The summed E-state index contributed by atoms with van der Waals surface area (Å²) < 4.78 is 0. The molecule has 5 heteroatoms. The first-order valence-electron chi connectivity index (χ1n) is 4.46. The van der Waals surface area contributed by atoms with E-state index in [9.17, 15) is 0 Å². The molecule has 0 aliphatic carbocycles. The second-order valence-corrected chi connectivity index (χ2v) is 3.72. The van der Waals surface area contributed by atoms with Crippen molar-refractivity contribution in [3.8, 4) is 0 Å². The van der Waals surface area contributed by atoms with Gasteiger partial charge in [-0.05, 0) is 12.8 Å². The maximum atomic E-state index is 4.76.